The maximum atomic E-state index is 15.5. The highest BCUT2D eigenvalue weighted by Crippen LogP contribution is 2.32. The van der Waals surface area contributed by atoms with E-state index in [0.29, 0.717) is 27.9 Å². The van der Waals surface area contributed by atoms with E-state index in [4.69, 9.17) is 0 Å². The predicted octanol–water partition coefficient (Wildman–Crippen LogP) is 5.70. The molecule has 45 heavy (non-hydrogen) atoms. The molecule has 5 aromatic rings. The number of nitrogens with one attached hydrogen (secondary N) is 1. The third-order valence-corrected chi connectivity index (χ3v) is 8.12. The fraction of sp³-hybridized carbons (Fsp3) is 0.235. The summed E-state index contributed by atoms with van der Waals surface area (Å²) >= 11 is 0. The highest BCUT2D eigenvalue weighted by molar-refractivity contribution is 6.08. The van der Waals surface area contributed by atoms with Gasteiger partial charge >= 0.3 is 0 Å². The van der Waals surface area contributed by atoms with Gasteiger partial charge in [0.1, 0.15) is 24.6 Å². The minimum Gasteiger partial charge on any atom is -0.337 e. The summed E-state index contributed by atoms with van der Waals surface area (Å²) < 4.78 is 31.9. The molecule has 2 aromatic carbocycles. The minimum absolute atomic E-state index is 0.0688. The van der Waals surface area contributed by atoms with E-state index >= 15 is 4.39 Å². The second-order valence-electron chi connectivity index (χ2n) is 11.2. The van der Waals surface area contributed by atoms with Crippen LogP contribution in [0.25, 0.3) is 33.2 Å². The SMILES string of the molecule is CC(=O)c1cn(CC(=O)N2C[C@H](F)C[C@H]2C(=O)Nc2cccc(-c3ccncc3C)c2F)c2ccc(-c3cnc(C)nc3)cc12. The maximum absolute atomic E-state index is 15.5. The van der Waals surface area contributed by atoms with Crippen molar-refractivity contribution in [2.75, 3.05) is 11.9 Å². The number of fused-ring (bicyclic) bond motifs is 1. The van der Waals surface area contributed by atoms with Gasteiger partial charge in [0.2, 0.25) is 11.8 Å². The number of halogens is 2. The molecule has 0 spiro atoms. The quantitative estimate of drug-likeness (QED) is 0.238. The number of carbonyl (C=O) groups excluding carboxylic acids is 3. The van der Waals surface area contributed by atoms with Crippen molar-refractivity contribution in [2.24, 2.45) is 0 Å². The van der Waals surface area contributed by atoms with E-state index in [0.717, 1.165) is 16.7 Å². The number of alkyl halides is 1. The first-order valence-electron chi connectivity index (χ1n) is 14.5. The number of hydrogen-bond donors (Lipinski definition) is 1. The van der Waals surface area contributed by atoms with Gasteiger partial charge in [0.15, 0.2) is 11.6 Å². The highest BCUT2D eigenvalue weighted by Gasteiger charge is 2.40. The zero-order chi connectivity index (χ0) is 31.8. The van der Waals surface area contributed by atoms with E-state index in [9.17, 15) is 18.8 Å². The van der Waals surface area contributed by atoms with Gasteiger partial charge in [0.05, 0.1) is 12.2 Å². The Morgan fingerprint density at radius 3 is 2.51 bits per heavy atom. The third kappa shape index (κ3) is 5.81. The summed E-state index contributed by atoms with van der Waals surface area (Å²) in [5, 5.41) is 3.22. The normalized spacial score (nSPS) is 16.2. The van der Waals surface area contributed by atoms with Crippen LogP contribution in [0.1, 0.15) is 35.1 Å². The topological polar surface area (TPSA) is 110 Å². The monoisotopic (exact) mass is 608 g/mol. The van der Waals surface area contributed by atoms with E-state index in [2.05, 4.69) is 20.3 Å². The summed E-state index contributed by atoms with van der Waals surface area (Å²) in [6, 6.07) is 10.7. The molecule has 0 aliphatic carbocycles. The highest BCUT2D eigenvalue weighted by atomic mass is 19.1. The summed E-state index contributed by atoms with van der Waals surface area (Å²) in [6.45, 7) is 4.55. The van der Waals surface area contributed by atoms with E-state index in [1.54, 1.807) is 66.7 Å². The number of amides is 2. The molecule has 1 aliphatic rings. The molecule has 2 atom stereocenters. The lowest BCUT2D eigenvalue weighted by molar-refractivity contribution is -0.137. The van der Waals surface area contributed by atoms with Crippen LogP contribution in [0.4, 0.5) is 14.5 Å². The zero-order valence-electron chi connectivity index (χ0n) is 24.9. The van der Waals surface area contributed by atoms with Crippen molar-refractivity contribution in [1.82, 2.24) is 24.4 Å². The Bertz CT molecular complexity index is 1960. The first kappa shape index (κ1) is 29.7. The van der Waals surface area contributed by atoms with Crippen molar-refractivity contribution in [1.29, 1.82) is 0 Å². The molecule has 0 radical (unpaired) electrons. The number of nitrogens with zero attached hydrogens (tertiary/aromatic N) is 5. The molecule has 0 unspecified atom stereocenters. The summed E-state index contributed by atoms with van der Waals surface area (Å²) in [5.74, 6) is -1.37. The number of rotatable bonds is 7. The van der Waals surface area contributed by atoms with Gasteiger partial charge in [-0.3, -0.25) is 19.4 Å². The van der Waals surface area contributed by atoms with Gasteiger partial charge in [-0.05, 0) is 61.7 Å². The lowest BCUT2D eigenvalue weighted by Crippen LogP contribution is -2.44. The standard InChI is InChI=1S/C34H30F2N6O3/c1-19-13-37-10-9-25(19)26-5-4-6-29(33(26)36)40-34(45)31-12-24(35)16-42(31)32(44)18-41-17-28(20(2)43)27-11-22(7-8-30(27)41)23-14-38-21(3)39-15-23/h4-11,13-15,17,24,31H,12,16,18H2,1-3H3,(H,40,45)/t24-,31+/m1/s1. The number of benzene rings is 2. The van der Waals surface area contributed by atoms with Crippen molar-refractivity contribution in [3.63, 3.8) is 0 Å². The Labute approximate surface area is 257 Å². The van der Waals surface area contributed by atoms with Crippen molar-refractivity contribution >= 4 is 34.2 Å². The van der Waals surface area contributed by atoms with E-state index < -0.39 is 29.8 Å². The number of hydrogen-bond acceptors (Lipinski definition) is 6. The first-order valence-corrected chi connectivity index (χ1v) is 14.5. The summed E-state index contributed by atoms with van der Waals surface area (Å²) in [6.07, 6.45) is 6.54. The second kappa shape index (κ2) is 12.0. The van der Waals surface area contributed by atoms with Crippen LogP contribution >= 0.6 is 0 Å². The molecular weight excluding hydrogens is 578 g/mol. The van der Waals surface area contributed by atoms with Crippen molar-refractivity contribution < 1.29 is 23.2 Å². The molecule has 228 valence electrons. The molecule has 3 aromatic heterocycles. The van der Waals surface area contributed by atoms with Crippen LogP contribution in [-0.4, -0.2) is 60.8 Å². The molecule has 11 heteroatoms. The fourth-order valence-corrected chi connectivity index (χ4v) is 5.80. The smallest absolute Gasteiger partial charge is 0.247 e. The van der Waals surface area contributed by atoms with Gasteiger partial charge < -0.3 is 14.8 Å². The number of ketones is 1. The Hall–Kier alpha value is -5.32. The number of aromatic nitrogens is 4. The first-order chi connectivity index (χ1) is 21.6. The second-order valence-corrected chi connectivity index (χ2v) is 11.2. The largest absolute Gasteiger partial charge is 0.337 e. The van der Waals surface area contributed by atoms with Gasteiger partial charge in [-0.1, -0.05) is 18.2 Å². The van der Waals surface area contributed by atoms with Crippen LogP contribution < -0.4 is 5.32 Å². The minimum atomic E-state index is -1.42. The number of anilines is 1. The average Bonchev–Trinajstić information content (AvgIpc) is 3.59. The summed E-state index contributed by atoms with van der Waals surface area (Å²) in [5.41, 5.74) is 4.25. The van der Waals surface area contributed by atoms with E-state index in [-0.39, 0.29) is 36.5 Å². The van der Waals surface area contributed by atoms with Crippen molar-refractivity contribution in [2.45, 2.75) is 46.0 Å². The molecule has 1 fully saturated rings. The average molecular weight is 609 g/mol. The van der Waals surface area contributed by atoms with Crippen LogP contribution in [-0.2, 0) is 16.1 Å². The van der Waals surface area contributed by atoms with Crippen LogP contribution in [0, 0.1) is 19.7 Å². The maximum Gasteiger partial charge on any atom is 0.247 e. The van der Waals surface area contributed by atoms with Gasteiger partial charge in [0.25, 0.3) is 0 Å². The Balaban J connectivity index is 1.25. The molecule has 0 bridgehead atoms. The fourth-order valence-electron chi connectivity index (χ4n) is 5.80. The van der Waals surface area contributed by atoms with E-state index in [1.165, 1.54) is 17.9 Å². The molecule has 6 rings (SSSR count). The van der Waals surface area contributed by atoms with E-state index in [1.807, 2.05) is 19.1 Å². The van der Waals surface area contributed by atoms with Gasteiger partial charge in [-0.2, -0.15) is 0 Å². The van der Waals surface area contributed by atoms with Crippen molar-refractivity contribution in [3.8, 4) is 22.3 Å². The molecule has 1 saturated heterocycles. The lowest BCUT2D eigenvalue weighted by Gasteiger charge is -2.24. The summed E-state index contributed by atoms with van der Waals surface area (Å²) in [4.78, 5) is 53.2. The molecular formula is C34H30F2N6O3. The molecule has 9 nitrogen and oxygen atoms in total. The van der Waals surface area contributed by atoms with Crippen LogP contribution in [0.3, 0.4) is 0 Å². The molecule has 0 saturated carbocycles. The number of carbonyl (C=O) groups is 3. The Kier molecular flexibility index (Phi) is 7.92. The number of aryl methyl sites for hydroxylation is 2. The number of likely N-dealkylation sites (tertiary alicyclic amines) is 1. The summed E-state index contributed by atoms with van der Waals surface area (Å²) in [7, 11) is 0. The van der Waals surface area contributed by atoms with Crippen LogP contribution in [0.5, 0.6) is 0 Å². The third-order valence-electron chi connectivity index (χ3n) is 8.12. The van der Waals surface area contributed by atoms with Gasteiger partial charge in [-0.15, -0.1) is 0 Å². The predicted molar refractivity (Wildman–Crippen MR) is 166 cm³/mol. The van der Waals surface area contributed by atoms with Crippen LogP contribution in [0.2, 0.25) is 0 Å². The van der Waals surface area contributed by atoms with Gasteiger partial charge in [-0.25, -0.2) is 18.7 Å². The van der Waals surface area contributed by atoms with Crippen molar-refractivity contribution in [3.05, 3.63) is 96.2 Å². The number of Topliss-reactive ketones (excluding diaryl/α,β-unsaturated/α-hetero) is 1. The molecule has 1 aliphatic heterocycles. The Morgan fingerprint density at radius 1 is 1.00 bits per heavy atom. The number of pyridine rings is 1. The zero-order valence-corrected chi connectivity index (χ0v) is 24.9. The molecule has 1 N–H and O–H groups in total. The molecule has 4 heterocycles. The van der Waals surface area contributed by atoms with Gasteiger partial charge in [0, 0.05) is 65.0 Å². The lowest BCUT2D eigenvalue weighted by atomic mass is 10.0. The van der Waals surface area contributed by atoms with Crippen LogP contribution in [0.15, 0.2) is 73.4 Å². The molecule has 2 amide bonds. The Morgan fingerprint density at radius 2 is 1.78 bits per heavy atom.